The number of nitrogens with zero attached hydrogens (tertiary/aromatic N) is 1. The molecule has 0 saturated carbocycles. The van der Waals surface area contributed by atoms with Gasteiger partial charge in [0.15, 0.2) is 0 Å². The zero-order valence-electron chi connectivity index (χ0n) is 13.5. The van der Waals surface area contributed by atoms with Crippen molar-refractivity contribution in [1.29, 1.82) is 0 Å². The van der Waals surface area contributed by atoms with Crippen LogP contribution in [0.2, 0.25) is 0 Å². The summed E-state index contributed by atoms with van der Waals surface area (Å²) in [4.78, 5) is 36.9. The van der Waals surface area contributed by atoms with Crippen LogP contribution in [0, 0.1) is 0 Å². The van der Waals surface area contributed by atoms with Crippen LogP contribution in [0.3, 0.4) is 0 Å². The molecule has 126 valence electrons. The van der Waals surface area contributed by atoms with E-state index in [1.807, 2.05) is 18.2 Å². The Labute approximate surface area is 143 Å². The number of carbonyl (C=O) groups is 1. The van der Waals surface area contributed by atoms with E-state index >= 15 is 0 Å². The molecular formula is C19H17N3O3. The lowest BCUT2D eigenvalue weighted by Gasteiger charge is -2.15. The van der Waals surface area contributed by atoms with Crippen LogP contribution in [0.5, 0.6) is 0 Å². The minimum atomic E-state index is -0.380. The predicted molar refractivity (Wildman–Crippen MR) is 94.5 cm³/mol. The molecule has 25 heavy (non-hydrogen) atoms. The van der Waals surface area contributed by atoms with Crippen LogP contribution in [0.1, 0.15) is 23.6 Å². The van der Waals surface area contributed by atoms with Gasteiger partial charge in [0.2, 0.25) is 5.91 Å². The first-order valence-electron chi connectivity index (χ1n) is 8.22. The lowest BCUT2D eigenvalue weighted by molar-refractivity contribution is -0.122. The number of H-pyrrole nitrogens is 1. The van der Waals surface area contributed by atoms with Crippen LogP contribution in [-0.2, 0) is 17.8 Å². The number of hydrogen-bond acceptors (Lipinski definition) is 3. The van der Waals surface area contributed by atoms with E-state index in [0.717, 1.165) is 23.1 Å². The molecule has 1 aromatic heterocycles. The number of rotatable bonds is 3. The maximum Gasteiger partial charge on any atom is 0.273 e. The third-order valence-corrected chi connectivity index (χ3v) is 4.65. The molecule has 0 aliphatic heterocycles. The van der Waals surface area contributed by atoms with E-state index in [1.165, 1.54) is 5.56 Å². The number of fused-ring (bicyclic) bond motifs is 2. The van der Waals surface area contributed by atoms with Crippen molar-refractivity contribution in [3.8, 4) is 0 Å². The van der Waals surface area contributed by atoms with Crippen LogP contribution in [0.4, 0.5) is 0 Å². The molecular weight excluding hydrogens is 318 g/mol. The van der Waals surface area contributed by atoms with Crippen molar-refractivity contribution < 1.29 is 4.79 Å². The third kappa shape index (κ3) is 2.76. The highest BCUT2D eigenvalue weighted by molar-refractivity contribution is 5.81. The normalized spacial score (nSPS) is 15.9. The molecule has 1 heterocycles. The highest BCUT2D eigenvalue weighted by atomic mass is 16.2. The van der Waals surface area contributed by atoms with Crippen LogP contribution in [0.15, 0.2) is 58.1 Å². The second-order valence-corrected chi connectivity index (χ2v) is 6.24. The van der Waals surface area contributed by atoms with Gasteiger partial charge in [0.1, 0.15) is 6.54 Å². The average Bonchev–Trinajstić information content (AvgIpc) is 3.02. The quantitative estimate of drug-likeness (QED) is 0.761. The molecule has 1 aliphatic rings. The van der Waals surface area contributed by atoms with Crippen molar-refractivity contribution >= 4 is 16.7 Å². The Morgan fingerprint density at radius 2 is 1.80 bits per heavy atom. The standard InChI is InChI=1S/C19H17N3O3/c23-17(20-16-10-9-12-5-1-2-6-13(12)16)11-22-19(25)15-8-4-3-7-14(15)18(24)21-22/h1-8,16H,9-11H2,(H,20,23)(H,21,24). The fraction of sp³-hybridized carbons (Fsp3) is 0.211. The Balaban J connectivity index is 1.58. The number of nitrogens with one attached hydrogen (secondary N) is 2. The molecule has 0 radical (unpaired) electrons. The third-order valence-electron chi connectivity index (χ3n) is 4.65. The molecule has 1 atom stereocenters. The summed E-state index contributed by atoms with van der Waals surface area (Å²) >= 11 is 0. The van der Waals surface area contributed by atoms with Crippen molar-refractivity contribution in [1.82, 2.24) is 15.1 Å². The van der Waals surface area contributed by atoms with Gasteiger partial charge in [-0.25, -0.2) is 4.68 Å². The summed E-state index contributed by atoms with van der Waals surface area (Å²) in [6.07, 6.45) is 1.77. The number of amides is 1. The van der Waals surface area contributed by atoms with Crippen molar-refractivity contribution in [3.05, 3.63) is 80.4 Å². The average molecular weight is 335 g/mol. The van der Waals surface area contributed by atoms with E-state index in [2.05, 4.69) is 16.5 Å². The summed E-state index contributed by atoms with van der Waals surface area (Å²) < 4.78 is 1.07. The van der Waals surface area contributed by atoms with Crippen LogP contribution in [-0.4, -0.2) is 15.7 Å². The molecule has 0 fully saturated rings. The number of carbonyl (C=O) groups excluding carboxylic acids is 1. The van der Waals surface area contributed by atoms with Gasteiger partial charge in [-0.05, 0) is 36.1 Å². The zero-order valence-corrected chi connectivity index (χ0v) is 13.5. The molecule has 2 aromatic carbocycles. The van der Waals surface area contributed by atoms with Gasteiger partial charge < -0.3 is 5.32 Å². The Bertz CT molecular complexity index is 1080. The van der Waals surface area contributed by atoms with Crippen LogP contribution < -0.4 is 16.4 Å². The highest BCUT2D eigenvalue weighted by Crippen LogP contribution is 2.30. The van der Waals surface area contributed by atoms with E-state index < -0.39 is 0 Å². The van der Waals surface area contributed by atoms with E-state index in [-0.39, 0.29) is 29.6 Å². The first-order chi connectivity index (χ1) is 12.1. The molecule has 1 amide bonds. The van der Waals surface area contributed by atoms with E-state index in [0.29, 0.717) is 10.8 Å². The first kappa shape index (κ1) is 15.4. The number of aryl methyl sites for hydroxylation is 1. The smallest absolute Gasteiger partial charge is 0.273 e. The van der Waals surface area contributed by atoms with Gasteiger partial charge in [-0.15, -0.1) is 0 Å². The SMILES string of the molecule is O=C(Cn1[nH]c(=O)c2ccccc2c1=O)NC1CCc2ccccc21. The molecule has 1 unspecified atom stereocenters. The number of hydrogen-bond donors (Lipinski definition) is 2. The summed E-state index contributed by atoms with van der Waals surface area (Å²) in [5.74, 6) is -0.297. The Morgan fingerprint density at radius 1 is 1.08 bits per heavy atom. The number of benzene rings is 2. The second kappa shape index (κ2) is 6.05. The van der Waals surface area contributed by atoms with Crippen LogP contribution in [0.25, 0.3) is 10.8 Å². The molecule has 0 spiro atoms. The zero-order chi connectivity index (χ0) is 17.4. The van der Waals surface area contributed by atoms with Gasteiger partial charge in [0.05, 0.1) is 16.8 Å². The molecule has 1 aliphatic carbocycles. The lowest BCUT2D eigenvalue weighted by Crippen LogP contribution is -2.37. The van der Waals surface area contributed by atoms with Crippen molar-refractivity contribution in [2.24, 2.45) is 0 Å². The largest absolute Gasteiger partial charge is 0.348 e. The Morgan fingerprint density at radius 3 is 2.64 bits per heavy atom. The molecule has 6 heteroatoms. The van der Waals surface area contributed by atoms with Crippen molar-refractivity contribution in [3.63, 3.8) is 0 Å². The summed E-state index contributed by atoms with van der Waals surface area (Å²) in [6, 6.07) is 14.5. The molecule has 0 saturated heterocycles. The van der Waals surface area contributed by atoms with E-state index in [9.17, 15) is 14.4 Å². The predicted octanol–water partition coefficient (Wildman–Crippen LogP) is 1.49. The first-order valence-corrected chi connectivity index (χ1v) is 8.22. The van der Waals surface area contributed by atoms with E-state index in [4.69, 9.17) is 0 Å². The second-order valence-electron chi connectivity index (χ2n) is 6.24. The summed E-state index contributed by atoms with van der Waals surface area (Å²) in [7, 11) is 0. The maximum atomic E-state index is 12.5. The number of aromatic nitrogens is 2. The van der Waals surface area contributed by atoms with Gasteiger partial charge in [-0.1, -0.05) is 36.4 Å². The Kier molecular flexibility index (Phi) is 3.72. The monoisotopic (exact) mass is 335 g/mol. The number of aromatic amines is 1. The van der Waals surface area contributed by atoms with Gasteiger partial charge >= 0.3 is 0 Å². The van der Waals surface area contributed by atoms with Gasteiger partial charge in [-0.3, -0.25) is 19.5 Å². The fourth-order valence-corrected chi connectivity index (χ4v) is 3.45. The highest BCUT2D eigenvalue weighted by Gasteiger charge is 2.23. The lowest BCUT2D eigenvalue weighted by atomic mass is 10.1. The molecule has 3 aromatic rings. The summed E-state index contributed by atoms with van der Waals surface area (Å²) in [5.41, 5.74) is 1.60. The topological polar surface area (TPSA) is 84.0 Å². The molecule has 6 nitrogen and oxygen atoms in total. The van der Waals surface area contributed by atoms with Crippen molar-refractivity contribution in [2.45, 2.75) is 25.4 Å². The maximum absolute atomic E-state index is 12.5. The minimum absolute atomic E-state index is 0.0495. The van der Waals surface area contributed by atoms with E-state index in [1.54, 1.807) is 24.3 Å². The van der Waals surface area contributed by atoms with Crippen LogP contribution >= 0.6 is 0 Å². The van der Waals surface area contributed by atoms with Gasteiger partial charge in [0.25, 0.3) is 11.1 Å². The van der Waals surface area contributed by atoms with Crippen molar-refractivity contribution in [2.75, 3.05) is 0 Å². The molecule has 2 N–H and O–H groups in total. The summed E-state index contributed by atoms with van der Waals surface area (Å²) in [5, 5.41) is 6.08. The molecule has 0 bridgehead atoms. The molecule has 4 rings (SSSR count). The summed E-state index contributed by atoms with van der Waals surface area (Å²) in [6.45, 7) is -0.211. The van der Waals surface area contributed by atoms with Gasteiger partial charge in [0, 0.05) is 0 Å². The van der Waals surface area contributed by atoms with Gasteiger partial charge in [-0.2, -0.15) is 0 Å². The fourth-order valence-electron chi connectivity index (χ4n) is 3.45. The minimum Gasteiger partial charge on any atom is -0.348 e. The Hall–Kier alpha value is -3.15.